The van der Waals surface area contributed by atoms with E-state index in [-0.39, 0.29) is 11.5 Å². The molecule has 0 spiro atoms. The van der Waals surface area contributed by atoms with Gasteiger partial charge in [-0.1, -0.05) is 6.07 Å². The maximum absolute atomic E-state index is 12.2. The number of methoxy groups -OCH3 is 2. The van der Waals surface area contributed by atoms with Crippen LogP contribution in [0, 0.1) is 0 Å². The van der Waals surface area contributed by atoms with Gasteiger partial charge in [0.05, 0.1) is 25.6 Å². The molecule has 0 aliphatic carbocycles. The quantitative estimate of drug-likeness (QED) is 0.695. The van der Waals surface area contributed by atoms with E-state index in [0.717, 1.165) is 48.9 Å². The van der Waals surface area contributed by atoms with E-state index in [1.807, 2.05) is 36.4 Å². The Hall–Kier alpha value is -3.19. The molecule has 0 bridgehead atoms. The smallest absolute Gasteiger partial charge is 0.251 e. The Kier molecular flexibility index (Phi) is 5.57. The highest BCUT2D eigenvalue weighted by molar-refractivity contribution is 5.52. The summed E-state index contributed by atoms with van der Waals surface area (Å²) in [6.07, 6.45) is 2.64. The molecule has 1 aliphatic heterocycles. The van der Waals surface area contributed by atoms with Crippen molar-refractivity contribution in [3.8, 4) is 22.9 Å². The van der Waals surface area contributed by atoms with Crippen LogP contribution in [0.5, 0.6) is 11.5 Å². The Morgan fingerprint density at radius 2 is 2.03 bits per heavy atom. The lowest BCUT2D eigenvalue weighted by molar-refractivity contribution is 0.314. The lowest BCUT2D eigenvalue weighted by Gasteiger charge is -2.18. The summed E-state index contributed by atoms with van der Waals surface area (Å²) in [7, 11) is 3.34. The Balaban J connectivity index is 1.52. The Labute approximate surface area is 169 Å². The second-order valence-electron chi connectivity index (χ2n) is 7.13. The highest BCUT2D eigenvalue weighted by atomic mass is 16.5. The SMILES string of the molecule is COc1ccc(OC)c(CN2CCC(c3nc(-c4ccccn4)cc(=O)[nH]3)C2)c1. The van der Waals surface area contributed by atoms with Crippen LogP contribution in [0.4, 0.5) is 0 Å². The van der Waals surface area contributed by atoms with E-state index in [1.54, 1.807) is 20.4 Å². The van der Waals surface area contributed by atoms with Gasteiger partial charge >= 0.3 is 0 Å². The highest BCUT2D eigenvalue weighted by Gasteiger charge is 2.27. The van der Waals surface area contributed by atoms with Crippen LogP contribution in [0.15, 0.2) is 53.5 Å². The minimum absolute atomic E-state index is 0.149. The molecule has 3 heterocycles. The van der Waals surface area contributed by atoms with Gasteiger partial charge in [0.25, 0.3) is 5.56 Å². The van der Waals surface area contributed by atoms with Crippen LogP contribution >= 0.6 is 0 Å². The largest absolute Gasteiger partial charge is 0.497 e. The van der Waals surface area contributed by atoms with Crippen molar-refractivity contribution in [2.24, 2.45) is 0 Å². The fourth-order valence-corrected chi connectivity index (χ4v) is 3.76. The van der Waals surface area contributed by atoms with Gasteiger partial charge in [-0.15, -0.1) is 0 Å². The van der Waals surface area contributed by atoms with Crippen LogP contribution in [0.1, 0.15) is 23.7 Å². The zero-order valence-electron chi connectivity index (χ0n) is 16.6. The molecule has 1 unspecified atom stereocenters. The van der Waals surface area contributed by atoms with Crippen LogP contribution in [0.25, 0.3) is 11.4 Å². The summed E-state index contributed by atoms with van der Waals surface area (Å²) >= 11 is 0. The Morgan fingerprint density at radius 3 is 2.79 bits per heavy atom. The topological polar surface area (TPSA) is 80.3 Å². The van der Waals surface area contributed by atoms with Crippen LogP contribution in [0.3, 0.4) is 0 Å². The predicted molar refractivity (Wildman–Crippen MR) is 110 cm³/mol. The van der Waals surface area contributed by atoms with Gasteiger partial charge in [0.15, 0.2) is 0 Å². The fourth-order valence-electron chi connectivity index (χ4n) is 3.76. The van der Waals surface area contributed by atoms with Crippen LogP contribution < -0.4 is 15.0 Å². The number of benzene rings is 1. The van der Waals surface area contributed by atoms with Gasteiger partial charge in [-0.25, -0.2) is 4.98 Å². The second-order valence-corrected chi connectivity index (χ2v) is 7.13. The summed E-state index contributed by atoms with van der Waals surface area (Å²) in [6, 6.07) is 12.9. The van der Waals surface area contributed by atoms with E-state index < -0.39 is 0 Å². The number of H-pyrrole nitrogens is 1. The first-order valence-corrected chi connectivity index (χ1v) is 9.62. The first-order chi connectivity index (χ1) is 14.2. The molecule has 1 aliphatic rings. The van der Waals surface area contributed by atoms with Gasteiger partial charge in [-0.2, -0.15) is 0 Å². The van der Waals surface area contributed by atoms with Crippen LogP contribution in [0.2, 0.25) is 0 Å². The number of ether oxygens (including phenoxy) is 2. The van der Waals surface area contributed by atoms with E-state index in [4.69, 9.17) is 14.5 Å². The van der Waals surface area contributed by atoms with E-state index in [9.17, 15) is 4.79 Å². The summed E-state index contributed by atoms with van der Waals surface area (Å²) in [5.74, 6) is 2.55. The van der Waals surface area contributed by atoms with E-state index in [2.05, 4.69) is 14.9 Å². The average Bonchev–Trinajstić information content (AvgIpc) is 3.22. The third kappa shape index (κ3) is 4.30. The standard InChI is InChI=1S/C22H24N4O3/c1-28-17-6-7-20(29-2)16(11-17)14-26-10-8-15(13-26)22-24-19(12-21(27)25-22)18-5-3-4-9-23-18/h3-7,9,11-12,15H,8,10,13-14H2,1-2H3,(H,24,25,27). The molecule has 3 aromatic rings. The number of hydrogen-bond donors (Lipinski definition) is 1. The molecule has 150 valence electrons. The molecule has 4 rings (SSSR count). The Morgan fingerprint density at radius 1 is 1.14 bits per heavy atom. The maximum atomic E-state index is 12.2. The fraction of sp³-hybridized carbons (Fsp3) is 0.318. The van der Waals surface area contributed by atoms with Crippen LogP contribution in [-0.2, 0) is 6.54 Å². The summed E-state index contributed by atoms with van der Waals surface area (Å²) in [6.45, 7) is 2.48. The van der Waals surface area contributed by atoms with Crippen molar-refractivity contribution >= 4 is 0 Å². The minimum atomic E-state index is -0.149. The molecule has 0 amide bonds. The van der Waals surface area contributed by atoms with Crippen molar-refractivity contribution in [1.82, 2.24) is 19.9 Å². The van der Waals surface area contributed by atoms with Gasteiger partial charge in [0, 0.05) is 36.8 Å². The minimum Gasteiger partial charge on any atom is -0.497 e. The molecule has 1 saturated heterocycles. The van der Waals surface area contributed by atoms with E-state index >= 15 is 0 Å². The highest BCUT2D eigenvalue weighted by Crippen LogP contribution is 2.30. The van der Waals surface area contributed by atoms with Crippen molar-refractivity contribution in [3.05, 3.63) is 70.4 Å². The molecule has 7 heteroatoms. The lowest BCUT2D eigenvalue weighted by atomic mass is 10.1. The number of rotatable bonds is 6. The third-order valence-electron chi connectivity index (χ3n) is 5.23. The molecular weight excluding hydrogens is 368 g/mol. The summed E-state index contributed by atoms with van der Waals surface area (Å²) in [5.41, 5.74) is 2.24. The van der Waals surface area contributed by atoms with Crippen molar-refractivity contribution < 1.29 is 9.47 Å². The number of hydrogen-bond acceptors (Lipinski definition) is 6. The first kappa shape index (κ1) is 19.1. The molecule has 1 aromatic carbocycles. The van der Waals surface area contributed by atoms with Crippen molar-refractivity contribution in [3.63, 3.8) is 0 Å². The van der Waals surface area contributed by atoms with Crippen LogP contribution in [-0.4, -0.2) is 47.2 Å². The molecule has 0 saturated carbocycles. The predicted octanol–water partition coefficient (Wildman–Crippen LogP) is 2.84. The summed E-state index contributed by atoms with van der Waals surface area (Å²) < 4.78 is 10.8. The second kappa shape index (κ2) is 8.45. The zero-order chi connectivity index (χ0) is 20.2. The molecule has 29 heavy (non-hydrogen) atoms. The van der Waals surface area contributed by atoms with E-state index in [0.29, 0.717) is 11.4 Å². The van der Waals surface area contributed by atoms with Crippen molar-refractivity contribution in [2.75, 3.05) is 27.3 Å². The summed E-state index contributed by atoms with van der Waals surface area (Å²) in [5, 5.41) is 0. The molecule has 0 radical (unpaired) electrons. The number of likely N-dealkylation sites (tertiary alicyclic amines) is 1. The average molecular weight is 392 g/mol. The van der Waals surface area contributed by atoms with Crippen molar-refractivity contribution in [1.29, 1.82) is 0 Å². The van der Waals surface area contributed by atoms with Gasteiger partial charge < -0.3 is 14.5 Å². The van der Waals surface area contributed by atoms with Crippen molar-refractivity contribution in [2.45, 2.75) is 18.9 Å². The molecular formula is C22H24N4O3. The molecule has 1 fully saturated rings. The van der Waals surface area contributed by atoms with Gasteiger partial charge in [-0.05, 0) is 43.3 Å². The van der Waals surface area contributed by atoms with Gasteiger partial charge in [-0.3, -0.25) is 14.7 Å². The maximum Gasteiger partial charge on any atom is 0.251 e. The number of aromatic nitrogens is 3. The number of nitrogens with one attached hydrogen (secondary N) is 1. The molecule has 1 atom stereocenters. The number of nitrogens with zero attached hydrogens (tertiary/aromatic N) is 3. The molecule has 7 nitrogen and oxygen atoms in total. The zero-order valence-corrected chi connectivity index (χ0v) is 16.6. The third-order valence-corrected chi connectivity index (χ3v) is 5.23. The Bertz CT molecular complexity index is 1040. The normalized spacial score (nSPS) is 16.7. The molecule has 2 aromatic heterocycles. The first-order valence-electron chi connectivity index (χ1n) is 9.62. The van der Waals surface area contributed by atoms with E-state index in [1.165, 1.54) is 6.07 Å². The lowest BCUT2D eigenvalue weighted by Crippen LogP contribution is -2.21. The number of pyridine rings is 1. The van der Waals surface area contributed by atoms with Gasteiger partial charge in [0.1, 0.15) is 17.3 Å². The number of aromatic amines is 1. The van der Waals surface area contributed by atoms with Gasteiger partial charge in [0.2, 0.25) is 0 Å². The molecule has 1 N–H and O–H groups in total. The summed E-state index contributed by atoms with van der Waals surface area (Å²) in [4.78, 5) is 26.5. The monoisotopic (exact) mass is 392 g/mol.